The first-order valence-electron chi connectivity index (χ1n) is 18.7. The van der Waals surface area contributed by atoms with Crippen molar-refractivity contribution in [1.82, 2.24) is 0 Å². The molecule has 2 fully saturated rings. The van der Waals surface area contributed by atoms with Gasteiger partial charge >= 0.3 is 5.97 Å². The number of esters is 1. The number of unbranched alkanes of at least 4 members (excludes halogenated alkanes) is 10. The highest BCUT2D eigenvalue weighted by atomic mass is 16.6. The van der Waals surface area contributed by atoms with Gasteiger partial charge in [-0.3, -0.25) is 0 Å². The molecule has 0 aromatic carbocycles. The third-order valence-corrected chi connectivity index (χ3v) is 10.1. The maximum atomic E-state index is 11.7. The summed E-state index contributed by atoms with van der Waals surface area (Å²) in [7, 11) is 0. The second-order valence-electron chi connectivity index (χ2n) is 14.2. The van der Waals surface area contributed by atoms with E-state index in [1.54, 1.807) is 0 Å². The van der Waals surface area contributed by atoms with Crippen LogP contribution in [0.3, 0.4) is 0 Å². The molecule has 3 rings (SSSR count). The van der Waals surface area contributed by atoms with Crippen molar-refractivity contribution in [1.29, 1.82) is 0 Å². The summed E-state index contributed by atoms with van der Waals surface area (Å²) in [5, 5.41) is 41.6. The Morgan fingerprint density at radius 2 is 1.09 bits per heavy atom. The van der Waals surface area contributed by atoms with Crippen molar-refractivity contribution in [3.63, 3.8) is 0 Å². The van der Waals surface area contributed by atoms with Gasteiger partial charge in [-0.25, -0.2) is 4.79 Å². The van der Waals surface area contributed by atoms with E-state index in [1.807, 2.05) is 13.0 Å². The van der Waals surface area contributed by atoms with Crippen LogP contribution >= 0.6 is 0 Å². The second kappa shape index (κ2) is 21.8. The van der Waals surface area contributed by atoms with E-state index < -0.39 is 18.3 Å². The van der Waals surface area contributed by atoms with Crippen molar-refractivity contribution in [3.8, 4) is 0 Å². The molecule has 262 valence electrons. The molecule has 3 heterocycles. The van der Waals surface area contributed by atoms with Gasteiger partial charge in [0, 0.05) is 12.0 Å². The highest BCUT2D eigenvalue weighted by Gasteiger charge is 2.40. The number of hydrogen-bond acceptors (Lipinski definition) is 8. The molecule has 0 saturated carbocycles. The molecule has 8 nitrogen and oxygen atoms in total. The highest BCUT2D eigenvalue weighted by Crippen LogP contribution is 2.34. The second-order valence-corrected chi connectivity index (χ2v) is 14.2. The Morgan fingerprint density at radius 1 is 0.644 bits per heavy atom. The molecule has 0 amide bonds. The van der Waals surface area contributed by atoms with Crippen LogP contribution in [-0.2, 0) is 19.0 Å². The fourth-order valence-electron chi connectivity index (χ4n) is 7.29. The highest BCUT2D eigenvalue weighted by molar-refractivity contribution is 5.90. The molecule has 0 radical (unpaired) electrons. The lowest BCUT2D eigenvalue weighted by molar-refractivity contribution is -0.139. The quantitative estimate of drug-likeness (QED) is 0.0634. The summed E-state index contributed by atoms with van der Waals surface area (Å²) in [6, 6.07) is 0. The smallest absolute Gasteiger partial charge is 0.334 e. The first-order chi connectivity index (χ1) is 21.8. The summed E-state index contributed by atoms with van der Waals surface area (Å²) in [6.45, 7) is 3.98. The van der Waals surface area contributed by atoms with E-state index in [1.165, 1.54) is 25.7 Å². The van der Waals surface area contributed by atoms with Crippen LogP contribution in [0.25, 0.3) is 0 Å². The Morgan fingerprint density at radius 3 is 1.58 bits per heavy atom. The third-order valence-electron chi connectivity index (χ3n) is 10.1. The van der Waals surface area contributed by atoms with Crippen LogP contribution < -0.4 is 0 Å². The first-order valence-corrected chi connectivity index (χ1v) is 18.7. The van der Waals surface area contributed by atoms with Gasteiger partial charge in [0.1, 0.15) is 6.10 Å². The van der Waals surface area contributed by atoms with E-state index in [4.69, 9.17) is 14.2 Å². The average molecular weight is 639 g/mol. The zero-order valence-corrected chi connectivity index (χ0v) is 28.5. The molecule has 0 aromatic heterocycles. The van der Waals surface area contributed by atoms with Crippen LogP contribution in [0.15, 0.2) is 11.6 Å². The maximum absolute atomic E-state index is 11.7. The fraction of sp³-hybridized carbons (Fsp3) is 0.919. The zero-order valence-electron chi connectivity index (χ0n) is 28.5. The van der Waals surface area contributed by atoms with E-state index in [-0.39, 0.29) is 42.6 Å². The van der Waals surface area contributed by atoms with Crippen molar-refractivity contribution < 1.29 is 39.4 Å². The Bertz CT molecular complexity index is 833. The van der Waals surface area contributed by atoms with Crippen LogP contribution in [-0.4, -0.2) is 81.3 Å². The van der Waals surface area contributed by atoms with E-state index >= 15 is 0 Å². The summed E-state index contributed by atoms with van der Waals surface area (Å²) >= 11 is 0. The molecular formula is C37H66O8. The molecule has 0 bridgehead atoms. The Labute approximate surface area is 273 Å². The molecule has 4 N–H and O–H groups in total. The number of aliphatic hydroxyl groups is 4. The Kier molecular flexibility index (Phi) is 18.6. The largest absolute Gasteiger partial charge is 0.455 e. The van der Waals surface area contributed by atoms with E-state index in [2.05, 4.69) is 6.92 Å². The minimum Gasteiger partial charge on any atom is -0.455 e. The summed E-state index contributed by atoms with van der Waals surface area (Å²) in [4.78, 5) is 11.7. The molecule has 3 unspecified atom stereocenters. The molecule has 0 spiro atoms. The minimum atomic E-state index is -0.470. The van der Waals surface area contributed by atoms with E-state index in [0.29, 0.717) is 12.0 Å². The van der Waals surface area contributed by atoms with Crippen molar-refractivity contribution in [3.05, 3.63) is 11.6 Å². The number of hydrogen-bond donors (Lipinski definition) is 4. The molecular weight excluding hydrogens is 572 g/mol. The molecule has 2 saturated heterocycles. The lowest BCUT2D eigenvalue weighted by Gasteiger charge is -2.24. The van der Waals surface area contributed by atoms with Gasteiger partial charge in [0.05, 0.1) is 48.8 Å². The predicted molar refractivity (Wildman–Crippen MR) is 177 cm³/mol. The number of aliphatic hydroxyl groups excluding tert-OH is 4. The topological polar surface area (TPSA) is 126 Å². The number of carbonyl (C=O) groups is 1. The first kappa shape index (κ1) is 38.4. The van der Waals surface area contributed by atoms with Gasteiger partial charge in [-0.1, -0.05) is 90.4 Å². The standard InChI is InChI=1S/C37H66O8/c1-3-4-16-29(38)17-13-11-15-20-32(41)34-22-24-36(45-34)35-23-21-33(44-35)31(40)19-14-10-8-6-5-7-9-12-18-30(39)26-28-25-27(2)43-37(28)42/h25,27,29-36,38-41H,3-24,26H2,1-2H3/t27-,29?,30?,31?,32-,33+,34+,35+,36+/m0/s1. The van der Waals surface area contributed by atoms with Gasteiger partial charge in [-0.15, -0.1) is 0 Å². The van der Waals surface area contributed by atoms with E-state index in [0.717, 1.165) is 116 Å². The SMILES string of the molecule is CCCCC(O)CCCCC[C@H](O)[C@H]1CC[C@H]([C@H]2CC[C@H](C(O)CCCCCCCCCCC(O)CC3=C[C@H](C)OC3=O)O2)O1. The molecule has 45 heavy (non-hydrogen) atoms. The molecule has 0 aliphatic carbocycles. The number of ether oxygens (including phenoxy) is 3. The summed E-state index contributed by atoms with van der Waals surface area (Å²) in [6.07, 6.45) is 22.1. The molecule has 3 aliphatic rings. The van der Waals surface area contributed by atoms with Gasteiger partial charge in [-0.2, -0.15) is 0 Å². The lowest BCUT2D eigenvalue weighted by atomic mass is 10.00. The molecule has 9 atom stereocenters. The van der Waals surface area contributed by atoms with Gasteiger partial charge in [0.15, 0.2) is 0 Å². The summed E-state index contributed by atoms with van der Waals surface area (Å²) in [5.41, 5.74) is 0.611. The Hall–Kier alpha value is -1.03. The van der Waals surface area contributed by atoms with Crippen molar-refractivity contribution in [2.24, 2.45) is 0 Å². The van der Waals surface area contributed by atoms with Crippen LogP contribution in [0.4, 0.5) is 0 Å². The van der Waals surface area contributed by atoms with Gasteiger partial charge in [0.25, 0.3) is 0 Å². The predicted octanol–water partition coefficient (Wildman–Crippen LogP) is 6.83. The Balaban J connectivity index is 1.14. The van der Waals surface area contributed by atoms with Gasteiger partial charge in [-0.05, 0) is 70.8 Å². The monoisotopic (exact) mass is 638 g/mol. The van der Waals surface area contributed by atoms with Gasteiger partial charge < -0.3 is 34.6 Å². The third kappa shape index (κ3) is 14.7. The van der Waals surface area contributed by atoms with Crippen LogP contribution in [0.5, 0.6) is 0 Å². The molecule has 3 aliphatic heterocycles. The van der Waals surface area contributed by atoms with Crippen molar-refractivity contribution >= 4 is 5.97 Å². The van der Waals surface area contributed by atoms with E-state index in [9.17, 15) is 25.2 Å². The zero-order chi connectivity index (χ0) is 32.4. The lowest BCUT2D eigenvalue weighted by Crippen LogP contribution is -2.33. The van der Waals surface area contributed by atoms with Crippen molar-refractivity contribution in [2.45, 2.75) is 216 Å². The average Bonchev–Trinajstić information content (AvgIpc) is 3.77. The minimum absolute atomic E-state index is 0.0196. The number of rotatable bonds is 25. The normalized spacial score (nSPS) is 27.8. The summed E-state index contributed by atoms with van der Waals surface area (Å²) in [5.74, 6) is -0.286. The van der Waals surface area contributed by atoms with Crippen LogP contribution in [0.2, 0.25) is 0 Å². The number of carbonyl (C=O) groups excluding carboxylic acids is 1. The summed E-state index contributed by atoms with van der Waals surface area (Å²) < 4.78 is 17.6. The molecule has 8 heteroatoms. The van der Waals surface area contributed by atoms with Crippen molar-refractivity contribution in [2.75, 3.05) is 0 Å². The van der Waals surface area contributed by atoms with Crippen LogP contribution in [0, 0.1) is 0 Å². The number of cyclic esters (lactones) is 1. The van der Waals surface area contributed by atoms with Gasteiger partial charge in [0.2, 0.25) is 0 Å². The maximum Gasteiger partial charge on any atom is 0.334 e. The molecule has 0 aromatic rings. The van der Waals surface area contributed by atoms with Crippen LogP contribution in [0.1, 0.15) is 162 Å². The fourth-order valence-corrected chi connectivity index (χ4v) is 7.29.